The van der Waals surface area contributed by atoms with Crippen LogP contribution in [-0.2, 0) is 19.4 Å². The minimum Gasteiger partial charge on any atom is -0.324 e. The summed E-state index contributed by atoms with van der Waals surface area (Å²) in [5.74, 6) is 0. The number of hydrogen-bond acceptors (Lipinski definition) is 2. The number of unbranched alkanes of at least 4 members (excludes halogenated alkanes) is 4. The highest BCUT2D eigenvalue weighted by molar-refractivity contribution is 7.53. The largest absolute Gasteiger partial charge is 0.336 e. The molecule has 0 heterocycles. The number of hydrogen-bond donors (Lipinski definition) is 4. The van der Waals surface area contributed by atoms with E-state index < -0.39 is 25.5 Å². The van der Waals surface area contributed by atoms with Gasteiger partial charge in [-0.3, -0.25) is 9.13 Å². The minimum atomic E-state index is -4.56. The molecule has 0 spiro atoms. The molecule has 210 valence electrons. The summed E-state index contributed by atoms with van der Waals surface area (Å²) in [5.41, 5.74) is 4.48. The third-order valence-electron chi connectivity index (χ3n) is 8.45. The third kappa shape index (κ3) is 6.56. The van der Waals surface area contributed by atoms with E-state index in [0.717, 1.165) is 47.9 Å². The molecule has 0 saturated carbocycles. The molecule has 8 heteroatoms. The average molecular weight is 547 g/mol. The summed E-state index contributed by atoms with van der Waals surface area (Å²) in [6.07, 6.45) is 7.70. The highest BCUT2D eigenvalue weighted by Gasteiger charge is 2.52. The van der Waals surface area contributed by atoms with Crippen molar-refractivity contribution in [3.05, 3.63) is 33.4 Å². The number of rotatable bonds is 16. The quantitative estimate of drug-likeness (QED) is 0.155. The molecule has 36 heavy (non-hydrogen) atoms. The Hall–Kier alpha value is -0.480. The van der Waals surface area contributed by atoms with Crippen molar-refractivity contribution in [3.63, 3.8) is 0 Å². The van der Waals surface area contributed by atoms with Crippen LogP contribution in [0.15, 0.2) is 0 Å². The van der Waals surface area contributed by atoms with E-state index in [9.17, 15) is 28.7 Å². The summed E-state index contributed by atoms with van der Waals surface area (Å²) in [6.45, 7) is 15.7. The average Bonchev–Trinajstić information content (AvgIpc) is 2.79. The van der Waals surface area contributed by atoms with E-state index in [2.05, 4.69) is 0 Å². The molecule has 0 aliphatic carbocycles. The molecule has 0 aliphatic heterocycles. The third-order valence-corrected chi connectivity index (χ3v) is 12.0. The van der Waals surface area contributed by atoms with E-state index in [1.54, 1.807) is 0 Å². The smallest absolute Gasteiger partial charge is 0.324 e. The van der Waals surface area contributed by atoms with Gasteiger partial charge in [0.2, 0.25) is 0 Å². The maximum Gasteiger partial charge on any atom is 0.336 e. The molecule has 6 nitrogen and oxygen atoms in total. The van der Waals surface area contributed by atoms with E-state index in [-0.39, 0.29) is 0 Å². The lowest BCUT2D eigenvalue weighted by atomic mass is 9.74. The molecule has 0 fully saturated rings. The molecule has 0 unspecified atom stereocenters. The zero-order chi connectivity index (χ0) is 27.9. The predicted octanol–water partition coefficient (Wildman–Crippen LogP) is 8.43. The molecule has 0 aromatic heterocycles. The highest BCUT2D eigenvalue weighted by Crippen LogP contribution is 2.67. The summed E-state index contributed by atoms with van der Waals surface area (Å²) < 4.78 is 26.6. The summed E-state index contributed by atoms with van der Waals surface area (Å²) in [6, 6.07) is 0. The van der Waals surface area contributed by atoms with E-state index in [4.69, 9.17) is 0 Å². The monoisotopic (exact) mass is 546 g/mol. The van der Waals surface area contributed by atoms with Crippen LogP contribution in [0.4, 0.5) is 0 Å². The van der Waals surface area contributed by atoms with Gasteiger partial charge in [0, 0.05) is 0 Å². The summed E-state index contributed by atoms with van der Waals surface area (Å²) in [4.78, 5) is 43.4. The zero-order valence-corrected chi connectivity index (χ0v) is 25.8. The molecular formula is C28H52O6P2. The Morgan fingerprint density at radius 1 is 0.500 bits per heavy atom. The Kier molecular flexibility index (Phi) is 12.6. The fourth-order valence-corrected chi connectivity index (χ4v) is 9.26. The number of benzene rings is 1. The van der Waals surface area contributed by atoms with Gasteiger partial charge in [-0.1, -0.05) is 79.1 Å². The van der Waals surface area contributed by atoms with Crippen molar-refractivity contribution in [1.82, 2.24) is 0 Å². The Bertz CT molecular complexity index is 837. The van der Waals surface area contributed by atoms with Crippen LogP contribution in [0.2, 0.25) is 0 Å². The van der Waals surface area contributed by atoms with Crippen LogP contribution >= 0.6 is 15.2 Å². The highest BCUT2D eigenvalue weighted by atomic mass is 31.2. The van der Waals surface area contributed by atoms with Gasteiger partial charge in [-0.2, -0.15) is 0 Å². The molecule has 0 amide bonds. The van der Waals surface area contributed by atoms with Crippen molar-refractivity contribution in [1.29, 1.82) is 0 Å². The van der Waals surface area contributed by atoms with Crippen LogP contribution in [0.25, 0.3) is 0 Å². The Morgan fingerprint density at radius 2 is 0.694 bits per heavy atom. The lowest BCUT2D eigenvalue weighted by Crippen LogP contribution is -2.33. The van der Waals surface area contributed by atoms with Gasteiger partial charge in [0.25, 0.3) is 0 Å². The van der Waals surface area contributed by atoms with E-state index in [1.165, 1.54) is 0 Å². The maximum atomic E-state index is 13.3. The lowest BCUT2D eigenvalue weighted by molar-refractivity contribution is 0.295. The van der Waals surface area contributed by atoms with Crippen LogP contribution in [0.1, 0.15) is 138 Å². The molecule has 1 aromatic rings. The second-order valence-electron chi connectivity index (χ2n) is 10.8. The van der Waals surface area contributed by atoms with E-state index in [1.807, 2.05) is 55.4 Å². The van der Waals surface area contributed by atoms with Crippen molar-refractivity contribution in [3.8, 4) is 0 Å². The molecule has 1 aromatic carbocycles. The standard InChI is InChI=1S/C28H52O6P2/c1-9-13-17-27(18-14-10-2,35(29,30)31)25-21(5)23(7)26(24(8)22(25)6)28(19-15-11-3,20-16-12-4)36(32,33)34/h9-20H2,1-8H3,(H2,29,30,31)(H2,32,33,34). The van der Waals surface area contributed by atoms with Gasteiger partial charge in [0.1, 0.15) is 0 Å². The first-order valence-corrected chi connectivity index (χ1v) is 17.1. The van der Waals surface area contributed by atoms with Gasteiger partial charge in [-0.25, -0.2) is 0 Å². The van der Waals surface area contributed by atoms with Crippen molar-refractivity contribution in [2.75, 3.05) is 0 Å². The van der Waals surface area contributed by atoms with Crippen LogP contribution in [0.3, 0.4) is 0 Å². The van der Waals surface area contributed by atoms with Gasteiger partial charge in [-0.15, -0.1) is 0 Å². The molecule has 1 rings (SSSR count). The zero-order valence-electron chi connectivity index (χ0n) is 24.0. The first-order valence-electron chi connectivity index (χ1n) is 13.9. The maximum absolute atomic E-state index is 13.3. The molecule has 0 atom stereocenters. The molecule has 0 radical (unpaired) electrons. The molecule has 0 saturated heterocycles. The normalized spacial score (nSPS) is 13.4. The Morgan fingerprint density at radius 3 is 0.833 bits per heavy atom. The van der Waals surface area contributed by atoms with Gasteiger partial charge in [-0.05, 0) is 86.8 Å². The first-order chi connectivity index (χ1) is 16.6. The fourth-order valence-electron chi connectivity index (χ4n) is 6.21. The molecular weight excluding hydrogens is 494 g/mol. The first kappa shape index (κ1) is 33.5. The second kappa shape index (κ2) is 13.5. The van der Waals surface area contributed by atoms with Crippen LogP contribution < -0.4 is 0 Å². The minimum absolute atomic E-state index is 0.392. The van der Waals surface area contributed by atoms with Crippen molar-refractivity contribution in [2.24, 2.45) is 0 Å². The van der Waals surface area contributed by atoms with Gasteiger partial charge < -0.3 is 19.6 Å². The van der Waals surface area contributed by atoms with E-state index in [0.29, 0.717) is 62.5 Å². The summed E-state index contributed by atoms with van der Waals surface area (Å²) in [5, 5.41) is -2.59. The fraction of sp³-hybridized carbons (Fsp3) is 0.786. The lowest BCUT2D eigenvalue weighted by Gasteiger charge is -2.42. The molecule has 0 aliphatic rings. The molecule has 0 bridgehead atoms. The van der Waals surface area contributed by atoms with Crippen LogP contribution in [0.5, 0.6) is 0 Å². The molecule has 4 N–H and O–H groups in total. The Balaban J connectivity index is 4.21. The van der Waals surface area contributed by atoms with E-state index >= 15 is 0 Å². The predicted molar refractivity (Wildman–Crippen MR) is 151 cm³/mol. The van der Waals surface area contributed by atoms with Crippen molar-refractivity contribution in [2.45, 2.75) is 143 Å². The van der Waals surface area contributed by atoms with Crippen LogP contribution in [-0.4, -0.2) is 19.6 Å². The SMILES string of the molecule is CCCCC(CCCC)(c1c(C)c(C)c(C(CCCC)(CCCC)P(=O)(O)O)c(C)c1C)P(=O)(O)O. The summed E-state index contributed by atoms with van der Waals surface area (Å²) in [7, 11) is -9.12. The van der Waals surface area contributed by atoms with Gasteiger partial charge in [0.15, 0.2) is 0 Å². The topological polar surface area (TPSA) is 115 Å². The second-order valence-corrected chi connectivity index (χ2v) is 14.7. The van der Waals surface area contributed by atoms with Crippen molar-refractivity contribution >= 4 is 15.2 Å². The van der Waals surface area contributed by atoms with Gasteiger partial charge >= 0.3 is 15.2 Å². The van der Waals surface area contributed by atoms with Crippen molar-refractivity contribution < 1.29 is 28.7 Å². The Labute approximate surface area is 220 Å². The van der Waals surface area contributed by atoms with Gasteiger partial charge in [0.05, 0.1) is 10.3 Å². The summed E-state index contributed by atoms with van der Waals surface area (Å²) >= 11 is 0. The van der Waals surface area contributed by atoms with Crippen LogP contribution in [0, 0.1) is 27.7 Å².